The van der Waals surface area contributed by atoms with Crippen LogP contribution in [0.4, 0.5) is 5.88 Å². The highest BCUT2D eigenvalue weighted by molar-refractivity contribution is 7.13. The molecule has 0 aromatic carbocycles. The van der Waals surface area contributed by atoms with Crippen LogP contribution in [0.5, 0.6) is 0 Å². The van der Waals surface area contributed by atoms with Gasteiger partial charge in [0.15, 0.2) is 0 Å². The molecular formula is C9H7NO3S. The van der Waals surface area contributed by atoms with Gasteiger partial charge in [0.2, 0.25) is 5.88 Å². The quantitative estimate of drug-likeness (QED) is 0.795. The van der Waals surface area contributed by atoms with Crippen LogP contribution in [0, 0.1) is 0 Å². The second kappa shape index (κ2) is 3.19. The average molecular weight is 209 g/mol. The molecule has 0 fully saturated rings. The van der Waals surface area contributed by atoms with Crippen molar-refractivity contribution in [2.75, 3.05) is 5.73 Å². The van der Waals surface area contributed by atoms with Gasteiger partial charge in [0.05, 0.1) is 0 Å². The van der Waals surface area contributed by atoms with Gasteiger partial charge in [0.1, 0.15) is 11.8 Å². The summed E-state index contributed by atoms with van der Waals surface area (Å²) in [6, 6.07) is 3.66. The summed E-state index contributed by atoms with van der Waals surface area (Å²) in [6.45, 7) is 0. The van der Waals surface area contributed by atoms with E-state index in [1.807, 2.05) is 17.5 Å². The van der Waals surface area contributed by atoms with E-state index in [0.29, 0.717) is 5.56 Å². The molecule has 0 spiro atoms. The zero-order valence-electron chi connectivity index (χ0n) is 7.06. The normalized spacial score (nSPS) is 10.3. The number of rotatable bonds is 2. The second-order valence-electron chi connectivity index (χ2n) is 2.67. The number of anilines is 1. The smallest absolute Gasteiger partial charge is 0.341 e. The topological polar surface area (TPSA) is 76.5 Å². The second-order valence-corrected chi connectivity index (χ2v) is 3.62. The highest BCUT2D eigenvalue weighted by Gasteiger charge is 2.19. The van der Waals surface area contributed by atoms with Gasteiger partial charge < -0.3 is 15.3 Å². The number of furan rings is 1. The van der Waals surface area contributed by atoms with E-state index >= 15 is 0 Å². The lowest BCUT2D eigenvalue weighted by atomic mass is 10.1. The van der Waals surface area contributed by atoms with Crippen molar-refractivity contribution >= 4 is 23.2 Å². The van der Waals surface area contributed by atoms with Gasteiger partial charge in [-0.1, -0.05) is 6.07 Å². The Kier molecular flexibility index (Phi) is 2.01. The number of hydrogen-bond donors (Lipinski definition) is 2. The first kappa shape index (κ1) is 8.83. The summed E-state index contributed by atoms with van der Waals surface area (Å²) in [5, 5.41) is 10.8. The Morgan fingerprint density at radius 2 is 2.36 bits per heavy atom. The standard InChI is InChI=1S/C9H7NO3S/c10-8-7(9(11)12)5(4-13-8)6-2-1-3-14-6/h1-4H,10H2,(H,11,12). The Balaban J connectivity index is 2.60. The fourth-order valence-electron chi connectivity index (χ4n) is 1.21. The molecule has 14 heavy (non-hydrogen) atoms. The lowest BCUT2D eigenvalue weighted by Crippen LogP contribution is -2.00. The number of carbonyl (C=O) groups is 1. The van der Waals surface area contributed by atoms with Crippen LogP contribution in [-0.2, 0) is 0 Å². The molecule has 0 aliphatic carbocycles. The van der Waals surface area contributed by atoms with Crippen LogP contribution in [0.25, 0.3) is 10.4 Å². The molecule has 5 heteroatoms. The molecule has 72 valence electrons. The first-order valence-corrected chi connectivity index (χ1v) is 4.72. The van der Waals surface area contributed by atoms with Crippen molar-refractivity contribution < 1.29 is 14.3 Å². The van der Waals surface area contributed by atoms with Crippen LogP contribution >= 0.6 is 11.3 Å². The number of aromatic carboxylic acids is 1. The monoisotopic (exact) mass is 209 g/mol. The maximum Gasteiger partial charge on any atom is 0.341 e. The number of carboxylic acids is 1. The van der Waals surface area contributed by atoms with E-state index in [4.69, 9.17) is 15.3 Å². The third-order valence-corrected chi connectivity index (χ3v) is 2.72. The van der Waals surface area contributed by atoms with E-state index in [9.17, 15) is 4.79 Å². The van der Waals surface area contributed by atoms with Crippen LogP contribution in [0.1, 0.15) is 10.4 Å². The van der Waals surface area contributed by atoms with Crippen molar-refractivity contribution in [2.24, 2.45) is 0 Å². The van der Waals surface area contributed by atoms with Crippen molar-refractivity contribution in [3.63, 3.8) is 0 Å². The zero-order valence-corrected chi connectivity index (χ0v) is 7.88. The van der Waals surface area contributed by atoms with E-state index in [1.54, 1.807) is 0 Å². The van der Waals surface area contributed by atoms with Gasteiger partial charge in [0.25, 0.3) is 0 Å². The molecule has 0 saturated carbocycles. The summed E-state index contributed by atoms with van der Waals surface area (Å²) in [5.74, 6) is -1.12. The van der Waals surface area contributed by atoms with Crippen LogP contribution in [0.2, 0.25) is 0 Å². The molecule has 0 aliphatic rings. The van der Waals surface area contributed by atoms with E-state index in [1.165, 1.54) is 17.6 Å². The first-order valence-electron chi connectivity index (χ1n) is 3.84. The molecule has 0 unspecified atom stereocenters. The lowest BCUT2D eigenvalue weighted by Gasteiger charge is -1.94. The van der Waals surface area contributed by atoms with Crippen LogP contribution in [0.3, 0.4) is 0 Å². The SMILES string of the molecule is Nc1occ(-c2cccs2)c1C(=O)O. The van der Waals surface area contributed by atoms with Crippen molar-refractivity contribution in [1.29, 1.82) is 0 Å². The molecule has 0 bridgehead atoms. The number of thiophene rings is 1. The van der Waals surface area contributed by atoms with E-state index in [-0.39, 0.29) is 11.4 Å². The van der Waals surface area contributed by atoms with Crippen molar-refractivity contribution in [3.05, 3.63) is 29.3 Å². The minimum Gasteiger partial charge on any atom is -0.477 e. The van der Waals surface area contributed by atoms with Gasteiger partial charge >= 0.3 is 5.97 Å². The summed E-state index contributed by atoms with van der Waals surface area (Å²) in [7, 11) is 0. The molecule has 4 nitrogen and oxygen atoms in total. The van der Waals surface area contributed by atoms with Crippen molar-refractivity contribution in [1.82, 2.24) is 0 Å². The van der Waals surface area contributed by atoms with Gasteiger partial charge in [-0.15, -0.1) is 11.3 Å². The molecule has 0 aliphatic heterocycles. The molecule has 2 rings (SSSR count). The minimum atomic E-state index is -1.07. The summed E-state index contributed by atoms with van der Waals surface area (Å²) >= 11 is 1.44. The van der Waals surface area contributed by atoms with Gasteiger partial charge in [-0.3, -0.25) is 0 Å². The number of nitrogens with two attached hydrogens (primary N) is 1. The highest BCUT2D eigenvalue weighted by atomic mass is 32.1. The first-order chi connectivity index (χ1) is 6.70. The Labute approximate surface area is 83.6 Å². The zero-order chi connectivity index (χ0) is 10.1. The van der Waals surface area contributed by atoms with Gasteiger partial charge in [0, 0.05) is 10.4 Å². The van der Waals surface area contributed by atoms with Crippen LogP contribution in [-0.4, -0.2) is 11.1 Å². The van der Waals surface area contributed by atoms with Gasteiger partial charge in [-0.25, -0.2) is 4.79 Å². The van der Waals surface area contributed by atoms with Crippen molar-refractivity contribution in [2.45, 2.75) is 0 Å². The molecule has 0 amide bonds. The largest absolute Gasteiger partial charge is 0.477 e. The molecule has 0 saturated heterocycles. The molecule has 0 radical (unpaired) electrons. The molecule has 3 N–H and O–H groups in total. The van der Waals surface area contributed by atoms with Gasteiger partial charge in [-0.2, -0.15) is 0 Å². The minimum absolute atomic E-state index is 0.0347. The van der Waals surface area contributed by atoms with E-state index in [0.717, 1.165) is 4.88 Å². The van der Waals surface area contributed by atoms with Gasteiger partial charge in [-0.05, 0) is 11.4 Å². The Bertz CT molecular complexity index is 458. The third kappa shape index (κ3) is 1.27. The maximum absolute atomic E-state index is 10.9. The van der Waals surface area contributed by atoms with Crippen molar-refractivity contribution in [3.8, 4) is 10.4 Å². The molecular weight excluding hydrogens is 202 g/mol. The number of hydrogen-bond acceptors (Lipinski definition) is 4. The summed E-state index contributed by atoms with van der Waals surface area (Å²) in [4.78, 5) is 11.7. The fraction of sp³-hybridized carbons (Fsp3) is 0. The molecule has 2 aromatic rings. The Hall–Kier alpha value is -1.75. The highest BCUT2D eigenvalue weighted by Crippen LogP contribution is 2.32. The predicted octanol–water partition coefficient (Wildman–Crippen LogP) is 2.29. The predicted molar refractivity (Wildman–Crippen MR) is 53.4 cm³/mol. The number of nitrogen functional groups attached to an aromatic ring is 1. The van der Waals surface area contributed by atoms with Crippen LogP contribution < -0.4 is 5.73 Å². The number of carboxylic acid groups (broad SMARTS) is 1. The molecule has 2 aromatic heterocycles. The maximum atomic E-state index is 10.9. The lowest BCUT2D eigenvalue weighted by molar-refractivity contribution is 0.0698. The van der Waals surface area contributed by atoms with E-state index in [2.05, 4.69) is 0 Å². The third-order valence-electron chi connectivity index (χ3n) is 1.82. The van der Waals surface area contributed by atoms with E-state index < -0.39 is 5.97 Å². The summed E-state index contributed by atoms with van der Waals surface area (Å²) in [5.41, 5.74) is 5.97. The average Bonchev–Trinajstić information content (AvgIpc) is 2.70. The Morgan fingerprint density at radius 3 is 2.93 bits per heavy atom. The summed E-state index contributed by atoms with van der Waals surface area (Å²) in [6.07, 6.45) is 1.37. The molecule has 0 atom stereocenters. The summed E-state index contributed by atoms with van der Waals surface area (Å²) < 4.78 is 4.88. The Morgan fingerprint density at radius 1 is 1.57 bits per heavy atom. The molecule has 2 heterocycles. The van der Waals surface area contributed by atoms with Crippen LogP contribution in [0.15, 0.2) is 28.2 Å². The fourth-order valence-corrected chi connectivity index (χ4v) is 1.94.